The maximum Gasteiger partial charge on any atom is 0.150 e. The monoisotopic (exact) mass is 210 g/mol. The second-order valence-electron chi connectivity index (χ2n) is 3.99. The van der Waals surface area contributed by atoms with E-state index < -0.39 is 0 Å². The Morgan fingerprint density at radius 3 is 2.40 bits per heavy atom. The van der Waals surface area contributed by atoms with Crippen molar-refractivity contribution in [2.24, 2.45) is 7.05 Å². The summed E-state index contributed by atoms with van der Waals surface area (Å²) in [5.41, 5.74) is 7.76. The Kier molecular flexibility index (Phi) is 3.61. The van der Waals surface area contributed by atoms with Crippen LogP contribution in [0, 0.1) is 6.92 Å². The Labute approximate surface area is 92.1 Å². The van der Waals surface area contributed by atoms with Crippen LogP contribution >= 0.6 is 0 Å². The smallest absolute Gasteiger partial charge is 0.150 e. The van der Waals surface area contributed by atoms with Gasteiger partial charge in [-0.25, -0.2) is 0 Å². The van der Waals surface area contributed by atoms with E-state index >= 15 is 0 Å². The van der Waals surface area contributed by atoms with Crippen LogP contribution in [0.2, 0.25) is 0 Å². The molecule has 1 aromatic rings. The number of aromatic nitrogens is 2. The second kappa shape index (κ2) is 4.55. The van der Waals surface area contributed by atoms with E-state index in [4.69, 9.17) is 5.73 Å². The van der Waals surface area contributed by atoms with Crippen LogP contribution < -0.4 is 10.6 Å². The predicted molar refractivity (Wildman–Crippen MR) is 65.1 cm³/mol. The summed E-state index contributed by atoms with van der Waals surface area (Å²) in [4.78, 5) is 2.30. The lowest BCUT2D eigenvalue weighted by molar-refractivity contribution is 0.601. The van der Waals surface area contributed by atoms with E-state index in [9.17, 15) is 0 Å². The fourth-order valence-corrected chi connectivity index (χ4v) is 1.89. The molecule has 0 radical (unpaired) electrons. The van der Waals surface area contributed by atoms with E-state index in [1.54, 1.807) is 0 Å². The molecule has 1 atom stereocenters. The fraction of sp³-hybridized carbons (Fsp3) is 0.727. The Hall–Kier alpha value is -1.19. The minimum atomic E-state index is 0.493. The third kappa shape index (κ3) is 2.08. The Morgan fingerprint density at radius 2 is 2.07 bits per heavy atom. The number of hydrogen-bond donors (Lipinski definition) is 1. The van der Waals surface area contributed by atoms with E-state index in [1.165, 1.54) is 0 Å². The molecule has 0 aromatic carbocycles. The summed E-state index contributed by atoms with van der Waals surface area (Å²) in [6, 6.07) is 0.493. The van der Waals surface area contributed by atoms with Crippen molar-refractivity contribution >= 4 is 11.5 Å². The first kappa shape index (κ1) is 11.9. The molecule has 0 aliphatic rings. The highest BCUT2D eigenvalue weighted by Crippen LogP contribution is 2.27. The molecule has 0 spiro atoms. The van der Waals surface area contributed by atoms with Crippen molar-refractivity contribution < 1.29 is 0 Å². The summed E-state index contributed by atoms with van der Waals surface area (Å²) in [7, 11) is 1.95. The summed E-state index contributed by atoms with van der Waals surface area (Å²) in [5, 5.41) is 4.35. The van der Waals surface area contributed by atoms with Crippen LogP contribution in [0.25, 0.3) is 0 Å². The molecule has 0 aliphatic carbocycles. The average Bonchev–Trinajstić information content (AvgIpc) is 2.45. The highest BCUT2D eigenvalue weighted by Gasteiger charge is 2.19. The lowest BCUT2D eigenvalue weighted by Crippen LogP contribution is -2.34. The summed E-state index contributed by atoms with van der Waals surface area (Å²) in [5.74, 6) is 1.05. The predicted octanol–water partition coefficient (Wildman–Crippen LogP) is 1.94. The van der Waals surface area contributed by atoms with Crippen LogP contribution in [-0.4, -0.2) is 22.4 Å². The van der Waals surface area contributed by atoms with Crippen LogP contribution in [0.5, 0.6) is 0 Å². The number of nitrogen functional groups attached to an aromatic ring is 1. The summed E-state index contributed by atoms with van der Waals surface area (Å²) < 4.78 is 1.88. The highest BCUT2D eigenvalue weighted by molar-refractivity contribution is 5.66. The Bertz CT molecular complexity index is 330. The molecule has 0 saturated carbocycles. The maximum atomic E-state index is 6.05. The van der Waals surface area contributed by atoms with Gasteiger partial charge in [0.15, 0.2) is 5.82 Å². The van der Waals surface area contributed by atoms with Crippen molar-refractivity contribution in [3.8, 4) is 0 Å². The largest absolute Gasteiger partial charge is 0.394 e. The number of hydrogen-bond acceptors (Lipinski definition) is 3. The first-order valence-corrected chi connectivity index (χ1v) is 5.58. The molecule has 0 aliphatic heterocycles. The van der Waals surface area contributed by atoms with Crippen molar-refractivity contribution in [2.45, 2.75) is 40.2 Å². The van der Waals surface area contributed by atoms with Crippen molar-refractivity contribution in [1.29, 1.82) is 0 Å². The number of aryl methyl sites for hydroxylation is 2. The number of nitrogens with two attached hydrogens (primary N) is 1. The van der Waals surface area contributed by atoms with Gasteiger partial charge in [-0.15, -0.1) is 0 Å². The minimum absolute atomic E-state index is 0.493. The number of anilines is 2. The lowest BCUT2D eigenvalue weighted by Gasteiger charge is -2.29. The maximum absolute atomic E-state index is 6.05. The number of nitrogens with zero attached hydrogens (tertiary/aromatic N) is 3. The normalized spacial score (nSPS) is 12.9. The molecule has 0 bridgehead atoms. The van der Waals surface area contributed by atoms with Crippen LogP contribution in [0.4, 0.5) is 11.5 Å². The molecule has 1 rings (SSSR count). The Balaban J connectivity index is 3.11. The van der Waals surface area contributed by atoms with Gasteiger partial charge in [0.1, 0.15) is 0 Å². The van der Waals surface area contributed by atoms with Gasteiger partial charge in [-0.1, -0.05) is 6.92 Å². The zero-order chi connectivity index (χ0) is 11.6. The molecule has 1 heterocycles. The third-order valence-corrected chi connectivity index (χ3v) is 2.97. The van der Waals surface area contributed by atoms with Crippen LogP contribution in [0.15, 0.2) is 0 Å². The van der Waals surface area contributed by atoms with Gasteiger partial charge in [0.25, 0.3) is 0 Å². The van der Waals surface area contributed by atoms with Crippen LogP contribution in [0.1, 0.15) is 32.9 Å². The molecule has 1 aromatic heterocycles. The van der Waals surface area contributed by atoms with Gasteiger partial charge in [0.05, 0.1) is 11.4 Å². The molecule has 2 N–H and O–H groups in total. The molecule has 86 valence electrons. The molecular weight excluding hydrogens is 188 g/mol. The zero-order valence-electron chi connectivity index (χ0n) is 10.4. The highest BCUT2D eigenvalue weighted by atomic mass is 15.4. The van der Waals surface area contributed by atoms with Gasteiger partial charge in [-0.05, 0) is 27.2 Å². The standard InChI is InChI=1S/C11H22N4/c1-6-8(3)15(7-2)11-10(12)9(4)13-14(11)5/h8H,6-7,12H2,1-5H3. The molecule has 0 amide bonds. The minimum Gasteiger partial charge on any atom is -0.394 e. The fourth-order valence-electron chi connectivity index (χ4n) is 1.89. The first-order chi connectivity index (χ1) is 7.02. The molecule has 15 heavy (non-hydrogen) atoms. The van der Waals surface area contributed by atoms with Crippen LogP contribution in [-0.2, 0) is 7.05 Å². The lowest BCUT2D eigenvalue weighted by atomic mass is 10.2. The molecule has 4 heteroatoms. The molecule has 1 unspecified atom stereocenters. The molecule has 4 nitrogen and oxygen atoms in total. The number of rotatable bonds is 4. The summed E-state index contributed by atoms with van der Waals surface area (Å²) >= 11 is 0. The quantitative estimate of drug-likeness (QED) is 0.826. The average molecular weight is 210 g/mol. The van der Waals surface area contributed by atoms with Crippen molar-refractivity contribution in [1.82, 2.24) is 9.78 Å². The zero-order valence-corrected chi connectivity index (χ0v) is 10.4. The molecular formula is C11H22N4. The van der Waals surface area contributed by atoms with Crippen molar-refractivity contribution in [2.75, 3.05) is 17.2 Å². The van der Waals surface area contributed by atoms with Gasteiger partial charge < -0.3 is 10.6 Å². The van der Waals surface area contributed by atoms with E-state index in [1.807, 2.05) is 18.7 Å². The van der Waals surface area contributed by atoms with Crippen LogP contribution in [0.3, 0.4) is 0 Å². The van der Waals surface area contributed by atoms with Gasteiger partial charge >= 0.3 is 0 Å². The van der Waals surface area contributed by atoms with Gasteiger partial charge in [-0.3, -0.25) is 4.68 Å². The third-order valence-electron chi connectivity index (χ3n) is 2.97. The first-order valence-electron chi connectivity index (χ1n) is 5.58. The van der Waals surface area contributed by atoms with E-state index in [0.717, 1.165) is 30.2 Å². The summed E-state index contributed by atoms with van der Waals surface area (Å²) in [6.07, 6.45) is 1.11. The van der Waals surface area contributed by atoms with Gasteiger partial charge in [0, 0.05) is 19.6 Å². The molecule has 0 fully saturated rings. The van der Waals surface area contributed by atoms with E-state index in [-0.39, 0.29) is 0 Å². The van der Waals surface area contributed by atoms with Crippen molar-refractivity contribution in [3.05, 3.63) is 5.69 Å². The van der Waals surface area contributed by atoms with E-state index in [0.29, 0.717) is 6.04 Å². The Morgan fingerprint density at radius 1 is 1.47 bits per heavy atom. The van der Waals surface area contributed by atoms with Gasteiger partial charge in [0.2, 0.25) is 0 Å². The SMILES string of the molecule is CCC(C)N(CC)c1c(N)c(C)nn1C. The second-order valence-corrected chi connectivity index (χ2v) is 3.99. The molecule has 0 saturated heterocycles. The summed E-state index contributed by atoms with van der Waals surface area (Å²) in [6.45, 7) is 9.45. The van der Waals surface area contributed by atoms with Gasteiger partial charge in [-0.2, -0.15) is 5.10 Å². The topological polar surface area (TPSA) is 47.1 Å². The van der Waals surface area contributed by atoms with Crippen molar-refractivity contribution in [3.63, 3.8) is 0 Å². The van der Waals surface area contributed by atoms with E-state index in [2.05, 4.69) is 30.8 Å².